The van der Waals surface area contributed by atoms with Crippen LogP contribution in [-0.4, -0.2) is 30.4 Å². The first-order valence-corrected chi connectivity index (χ1v) is 5.69. The first kappa shape index (κ1) is 18.6. The summed E-state index contributed by atoms with van der Waals surface area (Å²) in [7, 11) is 0. The van der Waals surface area contributed by atoms with Crippen LogP contribution in [-0.2, 0) is 9.59 Å². The molecule has 0 radical (unpaired) electrons. The van der Waals surface area contributed by atoms with Crippen LogP contribution in [0.1, 0.15) is 40.0 Å². The molecule has 0 fully saturated rings. The molecule has 17 heavy (non-hydrogen) atoms. The van der Waals surface area contributed by atoms with Crippen molar-refractivity contribution in [3.8, 4) is 0 Å². The number of carbonyl (C=O) groups excluding carboxylic acids is 2. The van der Waals surface area contributed by atoms with Gasteiger partial charge in [0.2, 0.25) is 11.8 Å². The van der Waals surface area contributed by atoms with Crippen LogP contribution in [0.4, 0.5) is 0 Å². The molecule has 0 aliphatic rings. The standard InChI is InChI=1S/C11H23N3O2.ClH/c1-4-13-9(15)6-5-7-10(16)14-11(2,3)8-12;/h4-8,12H2,1-3H3,(H,13,15)(H,14,16);1H. The van der Waals surface area contributed by atoms with Gasteiger partial charge in [0, 0.05) is 31.5 Å². The largest absolute Gasteiger partial charge is 0.356 e. The summed E-state index contributed by atoms with van der Waals surface area (Å²) < 4.78 is 0. The Kier molecular flexibility index (Phi) is 10.1. The van der Waals surface area contributed by atoms with Crippen molar-refractivity contribution in [1.29, 1.82) is 0 Å². The molecule has 2 amide bonds. The van der Waals surface area contributed by atoms with Crippen LogP contribution in [0.15, 0.2) is 0 Å². The number of nitrogens with one attached hydrogen (secondary N) is 2. The van der Waals surface area contributed by atoms with E-state index in [2.05, 4.69) is 10.6 Å². The second kappa shape index (κ2) is 9.24. The minimum Gasteiger partial charge on any atom is -0.356 e. The molecule has 0 aliphatic carbocycles. The molecule has 4 N–H and O–H groups in total. The van der Waals surface area contributed by atoms with Gasteiger partial charge >= 0.3 is 0 Å². The molecule has 0 aliphatic heterocycles. The van der Waals surface area contributed by atoms with Gasteiger partial charge in [0.05, 0.1) is 0 Å². The van der Waals surface area contributed by atoms with Crippen molar-refractivity contribution in [2.24, 2.45) is 5.73 Å². The third-order valence-corrected chi connectivity index (χ3v) is 2.17. The van der Waals surface area contributed by atoms with Gasteiger partial charge in [-0.05, 0) is 27.2 Å². The fourth-order valence-electron chi connectivity index (χ4n) is 1.19. The lowest BCUT2D eigenvalue weighted by atomic mass is 10.1. The molecule has 0 bridgehead atoms. The Morgan fingerprint density at radius 1 is 1.18 bits per heavy atom. The molecular formula is C11H24ClN3O2. The molecule has 6 heteroatoms. The summed E-state index contributed by atoms with van der Waals surface area (Å²) in [6, 6.07) is 0. The van der Waals surface area contributed by atoms with E-state index in [0.29, 0.717) is 32.4 Å². The van der Waals surface area contributed by atoms with Crippen LogP contribution >= 0.6 is 12.4 Å². The minimum absolute atomic E-state index is 0. The Morgan fingerprint density at radius 2 is 1.71 bits per heavy atom. The number of halogens is 1. The maximum Gasteiger partial charge on any atom is 0.220 e. The summed E-state index contributed by atoms with van der Waals surface area (Å²) >= 11 is 0. The van der Waals surface area contributed by atoms with Gasteiger partial charge in [-0.3, -0.25) is 9.59 Å². The zero-order chi connectivity index (χ0) is 12.6. The van der Waals surface area contributed by atoms with Crippen LogP contribution in [0.2, 0.25) is 0 Å². The molecule has 102 valence electrons. The van der Waals surface area contributed by atoms with Crippen LogP contribution in [0.25, 0.3) is 0 Å². The van der Waals surface area contributed by atoms with Gasteiger partial charge < -0.3 is 16.4 Å². The minimum atomic E-state index is -0.372. The van der Waals surface area contributed by atoms with Crippen molar-refractivity contribution in [2.45, 2.75) is 45.6 Å². The third kappa shape index (κ3) is 10.1. The van der Waals surface area contributed by atoms with Crippen LogP contribution in [0.5, 0.6) is 0 Å². The molecule has 0 saturated heterocycles. The number of nitrogens with two attached hydrogens (primary N) is 1. The first-order valence-electron chi connectivity index (χ1n) is 5.69. The van der Waals surface area contributed by atoms with Gasteiger partial charge in [0.1, 0.15) is 0 Å². The average Bonchev–Trinajstić information content (AvgIpc) is 2.17. The van der Waals surface area contributed by atoms with Gasteiger partial charge in [-0.1, -0.05) is 0 Å². The average molecular weight is 266 g/mol. The second-order valence-electron chi connectivity index (χ2n) is 4.44. The summed E-state index contributed by atoms with van der Waals surface area (Å²) in [5.74, 6) is -0.0619. The lowest BCUT2D eigenvalue weighted by molar-refractivity contribution is -0.123. The van der Waals surface area contributed by atoms with E-state index in [9.17, 15) is 9.59 Å². The highest BCUT2D eigenvalue weighted by Gasteiger charge is 2.17. The fraction of sp³-hybridized carbons (Fsp3) is 0.818. The molecular weight excluding hydrogens is 242 g/mol. The quantitative estimate of drug-likeness (QED) is 0.629. The van der Waals surface area contributed by atoms with Crippen molar-refractivity contribution >= 4 is 24.2 Å². The van der Waals surface area contributed by atoms with Gasteiger partial charge in [-0.2, -0.15) is 0 Å². The predicted molar refractivity (Wildman–Crippen MR) is 71.1 cm³/mol. The Hall–Kier alpha value is -0.810. The second-order valence-corrected chi connectivity index (χ2v) is 4.44. The van der Waals surface area contributed by atoms with E-state index >= 15 is 0 Å². The highest BCUT2D eigenvalue weighted by molar-refractivity contribution is 5.85. The molecule has 0 aromatic rings. The van der Waals surface area contributed by atoms with Crippen LogP contribution < -0.4 is 16.4 Å². The molecule has 0 aromatic carbocycles. The number of rotatable bonds is 7. The maximum atomic E-state index is 11.5. The van der Waals surface area contributed by atoms with Gasteiger partial charge in [-0.25, -0.2) is 0 Å². The molecule has 0 atom stereocenters. The predicted octanol–water partition coefficient (Wildman–Crippen LogP) is 0.568. The van der Waals surface area contributed by atoms with E-state index in [4.69, 9.17) is 5.73 Å². The fourth-order valence-corrected chi connectivity index (χ4v) is 1.19. The summed E-state index contributed by atoms with van der Waals surface area (Å²) in [5.41, 5.74) is 5.12. The number of hydrogen-bond donors (Lipinski definition) is 3. The van der Waals surface area contributed by atoms with E-state index in [1.807, 2.05) is 20.8 Å². The van der Waals surface area contributed by atoms with Crippen molar-refractivity contribution in [1.82, 2.24) is 10.6 Å². The number of hydrogen-bond acceptors (Lipinski definition) is 3. The van der Waals surface area contributed by atoms with Crippen molar-refractivity contribution in [3.05, 3.63) is 0 Å². The van der Waals surface area contributed by atoms with E-state index < -0.39 is 0 Å². The Labute approximate surface area is 109 Å². The van der Waals surface area contributed by atoms with Crippen molar-refractivity contribution < 1.29 is 9.59 Å². The van der Waals surface area contributed by atoms with Crippen LogP contribution in [0, 0.1) is 0 Å². The Balaban J connectivity index is 0. The van der Waals surface area contributed by atoms with E-state index in [0.717, 1.165) is 0 Å². The Bertz CT molecular complexity index is 245. The summed E-state index contributed by atoms with van der Waals surface area (Å²) in [6.45, 7) is 6.64. The van der Waals surface area contributed by atoms with E-state index in [-0.39, 0.29) is 29.8 Å². The normalized spacial score (nSPS) is 10.4. The summed E-state index contributed by atoms with van der Waals surface area (Å²) in [6.07, 6.45) is 1.32. The summed E-state index contributed by atoms with van der Waals surface area (Å²) in [4.78, 5) is 22.6. The zero-order valence-corrected chi connectivity index (χ0v) is 11.7. The monoisotopic (exact) mass is 265 g/mol. The number of carbonyl (C=O) groups is 2. The van der Waals surface area contributed by atoms with Crippen LogP contribution in [0.3, 0.4) is 0 Å². The molecule has 0 spiro atoms. The van der Waals surface area contributed by atoms with E-state index in [1.165, 1.54) is 0 Å². The first-order chi connectivity index (χ1) is 7.41. The smallest absolute Gasteiger partial charge is 0.220 e. The maximum absolute atomic E-state index is 11.5. The summed E-state index contributed by atoms with van der Waals surface area (Å²) in [5, 5.41) is 5.50. The van der Waals surface area contributed by atoms with Gasteiger partial charge in [0.15, 0.2) is 0 Å². The van der Waals surface area contributed by atoms with Gasteiger partial charge in [-0.15, -0.1) is 12.4 Å². The molecule has 5 nitrogen and oxygen atoms in total. The lowest BCUT2D eigenvalue weighted by Gasteiger charge is -2.24. The molecule has 0 unspecified atom stereocenters. The molecule has 0 heterocycles. The SMILES string of the molecule is CCNC(=O)CCCC(=O)NC(C)(C)CN.Cl. The topological polar surface area (TPSA) is 84.2 Å². The van der Waals surface area contributed by atoms with Crippen molar-refractivity contribution in [3.63, 3.8) is 0 Å². The molecule has 0 saturated carbocycles. The molecule has 0 aromatic heterocycles. The Morgan fingerprint density at radius 3 is 2.18 bits per heavy atom. The third-order valence-electron chi connectivity index (χ3n) is 2.17. The zero-order valence-electron chi connectivity index (χ0n) is 10.8. The van der Waals surface area contributed by atoms with Gasteiger partial charge in [0.25, 0.3) is 0 Å². The van der Waals surface area contributed by atoms with Crippen molar-refractivity contribution in [2.75, 3.05) is 13.1 Å². The lowest BCUT2D eigenvalue weighted by Crippen LogP contribution is -2.48. The highest BCUT2D eigenvalue weighted by atomic mass is 35.5. The molecule has 0 rings (SSSR count). The van der Waals surface area contributed by atoms with E-state index in [1.54, 1.807) is 0 Å². The highest BCUT2D eigenvalue weighted by Crippen LogP contribution is 2.01. The number of amides is 2.